The Balaban J connectivity index is 0.000000246. The molecule has 6 N–H and O–H groups in total. The molecule has 0 aliphatic heterocycles. The van der Waals surface area contributed by atoms with E-state index in [0.29, 0.717) is 0 Å². The molecule has 11 nitrogen and oxygen atoms in total. The second-order valence-electron chi connectivity index (χ2n) is 3.25. The highest BCUT2D eigenvalue weighted by Crippen LogP contribution is 1.99. The lowest BCUT2D eigenvalue weighted by Gasteiger charge is -1.98. The maximum atomic E-state index is 11.3. The monoisotopic (exact) mass is 282 g/mol. The number of aromatic nitrogens is 4. The van der Waals surface area contributed by atoms with Crippen LogP contribution in [0.4, 0.5) is 5.95 Å². The first-order valence-electron chi connectivity index (χ1n) is 5.05. The fraction of sp³-hybridized carbons (Fsp3) is 0.111. The quantitative estimate of drug-likeness (QED) is 0.253. The van der Waals surface area contributed by atoms with Gasteiger partial charge in [-0.25, -0.2) is 15.8 Å². The lowest BCUT2D eigenvalue weighted by Crippen LogP contribution is -2.17. The molecule has 2 aromatic heterocycles. The molecule has 0 aliphatic carbocycles. The SMILES string of the molecule is NNc1nc2nccnc2c(=O)[nH]1.O=C(O)CC(=O)O. The number of nitrogens with two attached hydrogens (primary N) is 1. The Labute approximate surface area is 110 Å². The Bertz CT molecular complexity index is 672. The summed E-state index contributed by atoms with van der Waals surface area (Å²) < 4.78 is 0. The summed E-state index contributed by atoms with van der Waals surface area (Å²) in [6.45, 7) is 0. The van der Waals surface area contributed by atoms with Crippen LogP contribution < -0.4 is 16.8 Å². The molecule has 20 heavy (non-hydrogen) atoms. The molecular weight excluding hydrogens is 272 g/mol. The van der Waals surface area contributed by atoms with Gasteiger partial charge in [-0.1, -0.05) is 0 Å². The van der Waals surface area contributed by atoms with Crippen molar-refractivity contribution in [2.75, 3.05) is 5.43 Å². The van der Waals surface area contributed by atoms with Crippen molar-refractivity contribution in [2.24, 2.45) is 5.84 Å². The van der Waals surface area contributed by atoms with Crippen LogP contribution in [0.2, 0.25) is 0 Å². The smallest absolute Gasteiger partial charge is 0.314 e. The van der Waals surface area contributed by atoms with Crippen molar-refractivity contribution in [3.8, 4) is 0 Å². The number of nitrogen functional groups attached to an aromatic ring is 1. The number of rotatable bonds is 3. The van der Waals surface area contributed by atoms with Crippen LogP contribution in [0.25, 0.3) is 11.2 Å². The summed E-state index contributed by atoms with van der Waals surface area (Å²) in [5, 5.41) is 15.4. The van der Waals surface area contributed by atoms with Crippen LogP contribution in [0.15, 0.2) is 17.2 Å². The van der Waals surface area contributed by atoms with Gasteiger partial charge in [0.25, 0.3) is 5.56 Å². The topological polar surface area (TPSA) is 184 Å². The highest BCUT2D eigenvalue weighted by atomic mass is 16.4. The Morgan fingerprint density at radius 2 is 1.85 bits per heavy atom. The van der Waals surface area contributed by atoms with E-state index >= 15 is 0 Å². The molecule has 0 radical (unpaired) electrons. The van der Waals surface area contributed by atoms with Gasteiger partial charge in [0.15, 0.2) is 11.2 Å². The zero-order chi connectivity index (χ0) is 15.1. The Morgan fingerprint density at radius 1 is 1.25 bits per heavy atom. The number of carbonyl (C=O) groups is 2. The number of anilines is 1. The van der Waals surface area contributed by atoms with E-state index in [-0.39, 0.29) is 22.7 Å². The molecule has 0 saturated carbocycles. The van der Waals surface area contributed by atoms with Gasteiger partial charge in [0, 0.05) is 12.4 Å². The van der Waals surface area contributed by atoms with Crippen molar-refractivity contribution in [1.82, 2.24) is 19.9 Å². The highest BCUT2D eigenvalue weighted by Gasteiger charge is 2.03. The number of hydrogen-bond donors (Lipinski definition) is 5. The molecule has 0 spiro atoms. The molecule has 0 amide bonds. The standard InChI is InChI=1S/C6H6N6O.C3H4O4/c7-12-6-10-4-3(5(13)11-6)8-1-2-9-4;4-2(5)1-3(6)7/h1-2H,7H2,(H2,9,10,11,12,13);1H2,(H,4,5)(H,6,7). The molecule has 11 heteroatoms. The van der Waals surface area contributed by atoms with Gasteiger partial charge in [-0.05, 0) is 0 Å². The average molecular weight is 282 g/mol. The summed E-state index contributed by atoms with van der Waals surface area (Å²) >= 11 is 0. The number of hydrogen-bond acceptors (Lipinski definition) is 8. The third-order valence-electron chi connectivity index (χ3n) is 1.78. The molecule has 106 valence electrons. The van der Waals surface area contributed by atoms with E-state index in [9.17, 15) is 14.4 Å². The van der Waals surface area contributed by atoms with Crippen LogP contribution in [0.3, 0.4) is 0 Å². The molecule has 0 saturated heterocycles. The number of nitrogens with zero attached hydrogens (tertiary/aromatic N) is 3. The van der Waals surface area contributed by atoms with Gasteiger partial charge < -0.3 is 10.2 Å². The first-order chi connectivity index (χ1) is 9.43. The summed E-state index contributed by atoms with van der Waals surface area (Å²) in [5.41, 5.74) is 2.32. The van der Waals surface area contributed by atoms with Crippen LogP contribution in [0.1, 0.15) is 6.42 Å². The van der Waals surface area contributed by atoms with Crippen molar-refractivity contribution < 1.29 is 19.8 Å². The molecule has 0 atom stereocenters. The van der Waals surface area contributed by atoms with Crippen molar-refractivity contribution in [2.45, 2.75) is 6.42 Å². The van der Waals surface area contributed by atoms with Crippen LogP contribution in [-0.2, 0) is 9.59 Å². The maximum absolute atomic E-state index is 11.3. The Morgan fingerprint density at radius 3 is 2.35 bits per heavy atom. The van der Waals surface area contributed by atoms with Gasteiger partial charge >= 0.3 is 11.9 Å². The van der Waals surface area contributed by atoms with Crippen molar-refractivity contribution in [3.05, 3.63) is 22.7 Å². The number of hydrazine groups is 1. The normalized spacial score (nSPS) is 9.45. The van der Waals surface area contributed by atoms with Gasteiger partial charge in [-0.3, -0.25) is 24.8 Å². The minimum absolute atomic E-state index is 0.165. The van der Waals surface area contributed by atoms with Crippen molar-refractivity contribution >= 4 is 29.1 Å². The van der Waals surface area contributed by atoms with Crippen LogP contribution in [0, 0.1) is 0 Å². The zero-order valence-corrected chi connectivity index (χ0v) is 9.90. The number of H-pyrrole nitrogens is 1. The molecule has 0 unspecified atom stereocenters. The van der Waals surface area contributed by atoms with Crippen LogP contribution in [-0.4, -0.2) is 42.1 Å². The minimum Gasteiger partial charge on any atom is -0.481 e. The third kappa shape index (κ3) is 4.30. The fourth-order valence-electron chi connectivity index (χ4n) is 1.07. The number of nitrogens with one attached hydrogen (secondary N) is 2. The molecular formula is C9H10N6O5. The third-order valence-corrected chi connectivity index (χ3v) is 1.78. The van der Waals surface area contributed by atoms with Gasteiger partial charge in [0.2, 0.25) is 5.95 Å². The molecule has 0 aliphatic rings. The number of aromatic amines is 1. The van der Waals surface area contributed by atoms with E-state index < -0.39 is 18.4 Å². The number of fused-ring (bicyclic) bond motifs is 1. The predicted molar refractivity (Wildman–Crippen MR) is 65.7 cm³/mol. The largest absolute Gasteiger partial charge is 0.481 e. The summed E-state index contributed by atoms with van der Waals surface area (Å²) in [6, 6.07) is 0. The van der Waals surface area contributed by atoms with Gasteiger partial charge in [-0.2, -0.15) is 4.98 Å². The first kappa shape index (κ1) is 15.0. The van der Waals surface area contributed by atoms with Crippen molar-refractivity contribution in [3.63, 3.8) is 0 Å². The molecule has 2 heterocycles. The van der Waals surface area contributed by atoms with E-state index in [1.807, 2.05) is 0 Å². The Hall–Kier alpha value is -3.08. The van der Waals surface area contributed by atoms with E-state index in [2.05, 4.69) is 25.4 Å². The number of aliphatic carboxylic acids is 2. The van der Waals surface area contributed by atoms with E-state index in [0.717, 1.165) is 0 Å². The summed E-state index contributed by atoms with van der Waals surface area (Å²) in [4.78, 5) is 44.1. The van der Waals surface area contributed by atoms with E-state index in [4.69, 9.17) is 16.1 Å². The number of carboxylic acid groups (broad SMARTS) is 2. The molecule has 0 aromatic carbocycles. The van der Waals surface area contributed by atoms with Gasteiger partial charge in [-0.15, -0.1) is 0 Å². The van der Waals surface area contributed by atoms with E-state index in [1.54, 1.807) is 0 Å². The lowest BCUT2D eigenvalue weighted by molar-refractivity contribution is -0.147. The molecule has 2 aromatic rings. The second kappa shape index (κ2) is 6.75. The fourth-order valence-corrected chi connectivity index (χ4v) is 1.07. The maximum Gasteiger partial charge on any atom is 0.314 e. The molecule has 0 fully saturated rings. The molecule has 2 rings (SSSR count). The minimum atomic E-state index is -1.31. The van der Waals surface area contributed by atoms with Crippen LogP contribution in [0.5, 0.6) is 0 Å². The highest BCUT2D eigenvalue weighted by molar-refractivity contribution is 5.88. The summed E-state index contributed by atoms with van der Waals surface area (Å²) in [5.74, 6) is 2.62. The average Bonchev–Trinajstić information content (AvgIpc) is 2.37. The lowest BCUT2D eigenvalue weighted by atomic mass is 10.5. The predicted octanol–water partition coefficient (Wildman–Crippen LogP) is -1.46. The van der Waals surface area contributed by atoms with Gasteiger partial charge in [0.05, 0.1) is 0 Å². The number of carboxylic acids is 2. The van der Waals surface area contributed by atoms with Crippen LogP contribution >= 0.6 is 0 Å². The first-order valence-corrected chi connectivity index (χ1v) is 5.05. The van der Waals surface area contributed by atoms with Crippen molar-refractivity contribution in [1.29, 1.82) is 0 Å². The Kier molecular flexibility index (Phi) is 5.05. The van der Waals surface area contributed by atoms with E-state index in [1.165, 1.54) is 12.4 Å². The van der Waals surface area contributed by atoms with Gasteiger partial charge in [0.1, 0.15) is 6.42 Å². The summed E-state index contributed by atoms with van der Waals surface area (Å²) in [6.07, 6.45) is 2.07. The summed E-state index contributed by atoms with van der Waals surface area (Å²) in [7, 11) is 0. The molecule has 0 bridgehead atoms. The zero-order valence-electron chi connectivity index (χ0n) is 9.90. The second-order valence-corrected chi connectivity index (χ2v) is 3.25.